The van der Waals surface area contributed by atoms with Crippen LogP contribution in [-0.2, 0) is 33.8 Å². The van der Waals surface area contributed by atoms with Gasteiger partial charge in [-0.05, 0) is 49.8 Å². The molecule has 1 fully saturated rings. The topological polar surface area (TPSA) is 113 Å². The number of anilines is 1. The molecule has 0 aliphatic carbocycles. The Balaban J connectivity index is 1.55. The zero-order chi connectivity index (χ0) is 22.8. The van der Waals surface area contributed by atoms with Crippen LogP contribution >= 0.6 is 0 Å². The Morgan fingerprint density at radius 3 is 2.69 bits per heavy atom. The van der Waals surface area contributed by atoms with Crippen LogP contribution in [0.1, 0.15) is 40.8 Å². The Kier molecular flexibility index (Phi) is 6.31. The van der Waals surface area contributed by atoms with Crippen molar-refractivity contribution in [3.8, 4) is 6.07 Å². The smallest absolute Gasteiger partial charge is 0.239 e. The van der Waals surface area contributed by atoms with E-state index in [2.05, 4.69) is 11.4 Å². The number of nitrogens with one attached hydrogen (secondary N) is 1. The summed E-state index contributed by atoms with van der Waals surface area (Å²) in [4.78, 5) is 27.0. The fourth-order valence-corrected chi connectivity index (χ4v) is 4.73. The number of nitriles is 1. The van der Waals surface area contributed by atoms with Crippen LogP contribution in [0.3, 0.4) is 0 Å². The zero-order valence-corrected chi connectivity index (χ0v) is 18.6. The molecule has 0 bridgehead atoms. The molecule has 1 aromatic heterocycles. The average Bonchev–Trinajstić information content (AvgIpc) is 3.36. The molecule has 2 amide bonds. The molecule has 0 spiro atoms. The zero-order valence-electron chi connectivity index (χ0n) is 18.6. The molecule has 0 radical (unpaired) electrons. The van der Waals surface area contributed by atoms with Crippen molar-refractivity contribution < 1.29 is 14.3 Å². The Hall–Kier alpha value is -3.15. The molecular weight excluding hydrogens is 406 g/mol. The quantitative estimate of drug-likeness (QED) is 0.721. The van der Waals surface area contributed by atoms with Gasteiger partial charge in [-0.1, -0.05) is 24.3 Å². The summed E-state index contributed by atoms with van der Waals surface area (Å²) in [6.45, 7) is 5.64. The van der Waals surface area contributed by atoms with Crippen LogP contribution < -0.4 is 11.1 Å². The predicted molar refractivity (Wildman–Crippen MR) is 120 cm³/mol. The number of nitrogens with zero attached hydrogens (tertiary/aromatic N) is 3. The lowest BCUT2D eigenvalue weighted by Crippen LogP contribution is -2.51. The molecule has 1 unspecified atom stereocenters. The van der Waals surface area contributed by atoms with E-state index in [1.54, 1.807) is 4.90 Å². The van der Waals surface area contributed by atoms with E-state index in [0.29, 0.717) is 30.9 Å². The van der Waals surface area contributed by atoms with Crippen molar-refractivity contribution in [3.05, 3.63) is 52.2 Å². The third kappa shape index (κ3) is 4.27. The minimum atomic E-state index is -0.548. The fourth-order valence-electron chi connectivity index (χ4n) is 4.73. The number of carbonyl (C=O) groups excluding carboxylic acids is 2. The van der Waals surface area contributed by atoms with Crippen molar-refractivity contribution in [2.75, 3.05) is 18.5 Å². The van der Waals surface area contributed by atoms with Crippen molar-refractivity contribution in [1.82, 2.24) is 9.47 Å². The minimum absolute atomic E-state index is 0.00993. The maximum atomic E-state index is 13.1. The molecule has 0 saturated carbocycles. The number of benzene rings is 1. The van der Waals surface area contributed by atoms with Crippen molar-refractivity contribution in [2.45, 2.75) is 58.3 Å². The number of nitrogens with two attached hydrogens (primary N) is 1. The Morgan fingerprint density at radius 1 is 1.28 bits per heavy atom. The van der Waals surface area contributed by atoms with Gasteiger partial charge in [-0.3, -0.25) is 14.5 Å². The average molecular weight is 436 g/mol. The highest BCUT2D eigenvalue weighted by atomic mass is 16.5. The fraction of sp³-hybridized carbons (Fsp3) is 0.458. The van der Waals surface area contributed by atoms with Crippen LogP contribution in [0.15, 0.2) is 24.3 Å². The molecule has 32 heavy (non-hydrogen) atoms. The summed E-state index contributed by atoms with van der Waals surface area (Å²) in [6.07, 6.45) is 2.53. The van der Waals surface area contributed by atoms with Gasteiger partial charge in [0.05, 0.1) is 30.8 Å². The highest BCUT2D eigenvalue weighted by Crippen LogP contribution is 2.29. The summed E-state index contributed by atoms with van der Waals surface area (Å²) in [7, 11) is 0. The van der Waals surface area contributed by atoms with Gasteiger partial charge >= 0.3 is 0 Å². The van der Waals surface area contributed by atoms with E-state index in [1.165, 1.54) is 0 Å². The van der Waals surface area contributed by atoms with Crippen molar-refractivity contribution >= 4 is 17.6 Å². The number of aromatic nitrogens is 1. The van der Waals surface area contributed by atoms with Crippen LogP contribution in [0.2, 0.25) is 0 Å². The van der Waals surface area contributed by atoms with Crippen molar-refractivity contribution in [2.24, 2.45) is 5.73 Å². The summed E-state index contributed by atoms with van der Waals surface area (Å²) >= 11 is 0. The van der Waals surface area contributed by atoms with Crippen LogP contribution in [0.5, 0.6) is 0 Å². The lowest BCUT2D eigenvalue weighted by molar-refractivity contribution is -0.125. The summed E-state index contributed by atoms with van der Waals surface area (Å²) in [6, 6.07) is 9.57. The number of hydrogen-bond acceptors (Lipinski definition) is 5. The minimum Gasteiger partial charge on any atom is -0.376 e. The Bertz CT molecular complexity index is 1080. The monoisotopic (exact) mass is 435 g/mol. The summed E-state index contributed by atoms with van der Waals surface area (Å²) in [5.74, 6) is -0.229. The Morgan fingerprint density at radius 2 is 2.03 bits per heavy atom. The van der Waals surface area contributed by atoms with Crippen molar-refractivity contribution in [3.63, 3.8) is 0 Å². The van der Waals surface area contributed by atoms with E-state index < -0.39 is 11.9 Å². The molecule has 2 aromatic rings. The first kappa shape index (κ1) is 22.1. The molecule has 2 aliphatic heterocycles. The second kappa shape index (κ2) is 9.15. The summed E-state index contributed by atoms with van der Waals surface area (Å²) in [5, 5.41) is 12.7. The first-order valence-electron chi connectivity index (χ1n) is 11.0. The standard InChI is InChI=1S/C24H29N5O3/c1-15-16(2)29(13-19-8-5-9-32-19)24(20(15)11-25)27-22(30)14-28-12-18-7-4-3-6-17(18)10-21(28)23(26)31/h3-4,6-7,19,21H,5,8-10,12-14H2,1-2H3,(H2,26,31)(H,27,30)/t19?,21-/m0/s1. The van der Waals surface area contributed by atoms with Crippen molar-refractivity contribution in [1.29, 1.82) is 5.26 Å². The SMILES string of the molecule is Cc1c(C#N)c(NC(=O)CN2Cc3ccccc3C[C@H]2C(N)=O)n(CC2CCCO2)c1C. The molecule has 3 N–H and O–H groups in total. The first-order valence-corrected chi connectivity index (χ1v) is 11.0. The number of rotatable bonds is 6. The third-order valence-corrected chi connectivity index (χ3v) is 6.63. The normalized spacial score (nSPS) is 20.5. The van der Waals surface area contributed by atoms with Gasteiger partial charge in [-0.25, -0.2) is 0 Å². The highest BCUT2D eigenvalue weighted by Gasteiger charge is 2.32. The maximum Gasteiger partial charge on any atom is 0.239 e. The highest BCUT2D eigenvalue weighted by molar-refractivity contribution is 5.94. The summed E-state index contributed by atoms with van der Waals surface area (Å²) < 4.78 is 7.74. The van der Waals surface area contributed by atoms with E-state index in [9.17, 15) is 14.9 Å². The molecule has 3 heterocycles. The molecule has 1 aromatic carbocycles. The lowest BCUT2D eigenvalue weighted by atomic mass is 9.93. The summed E-state index contributed by atoms with van der Waals surface area (Å²) in [5.41, 5.74) is 10.1. The van der Waals surface area contributed by atoms with E-state index in [0.717, 1.165) is 41.8 Å². The van der Waals surface area contributed by atoms with Gasteiger partial charge in [0.25, 0.3) is 0 Å². The van der Waals surface area contributed by atoms with Crippen LogP contribution in [-0.4, -0.2) is 46.6 Å². The molecule has 1 saturated heterocycles. The molecule has 8 heteroatoms. The lowest BCUT2D eigenvalue weighted by Gasteiger charge is -2.34. The number of amides is 2. The second-order valence-corrected chi connectivity index (χ2v) is 8.64. The van der Waals surface area contributed by atoms with Gasteiger partial charge in [0.2, 0.25) is 11.8 Å². The van der Waals surface area contributed by atoms with Gasteiger partial charge in [-0.15, -0.1) is 0 Å². The number of fused-ring (bicyclic) bond motifs is 1. The van der Waals surface area contributed by atoms with Gasteiger partial charge in [-0.2, -0.15) is 5.26 Å². The largest absolute Gasteiger partial charge is 0.376 e. The number of primary amides is 1. The van der Waals surface area contributed by atoms with Crippen LogP contribution in [0.4, 0.5) is 5.82 Å². The van der Waals surface area contributed by atoms with Crippen LogP contribution in [0.25, 0.3) is 0 Å². The van der Waals surface area contributed by atoms with Gasteiger partial charge in [0.15, 0.2) is 0 Å². The first-order chi connectivity index (χ1) is 15.4. The van der Waals surface area contributed by atoms with E-state index in [1.807, 2.05) is 42.7 Å². The maximum absolute atomic E-state index is 13.1. The molecule has 2 aliphatic rings. The number of hydrogen-bond donors (Lipinski definition) is 2. The van der Waals surface area contributed by atoms with E-state index in [4.69, 9.17) is 10.5 Å². The van der Waals surface area contributed by atoms with Gasteiger partial charge < -0.3 is 20.4 Å². The predicted octanol–water partition coefficient (Wildman–Crippen LogP) is 2.01. The van der Waals surface area contributed by atoms with Crippen LogP contribution in [0, 0.1) is 25.2 Å². The van der Waals surface area contributed by atoms with Gasteiger partial charge in [0, 0.05) is 18.8 Å². The molecule has 8 nitrogen and oxygen atoms in total. The number of carbonyl (C=O) groups is 2. The van der Waals surface area contributed by atoms with E-state index in [-0.39, 0.29) is 18.6 Å². The molecule has 2 atom stereocenters. The molecule has 4 rings (SSSR count). The molecular formula is C24H29N5O3. The Labute approximate surface area is 187 Å². The van der Waals surface area contributed by atoms with Gasteiger partial charge in [0.1, 0.15) is 11.9 Å². The number of ether oxygens (including phenoxy) is 1. The third-order valence-electron chi connectivity index (χ3n) is 6.63. The van der Waals surface area contributed by atoms with E-state index >= 15 is 0 Å². The molecule has 168 valence electrons. The second-order valence-electron chi connectivity index (χ2n) is 8.64.